The molecule has 1 aliphatic heterocycles. The minimum absolute atomic E-state index is 0.0551. The summed E-state index contributed by atoms with van der Waals surface area (Å²) in [4.78, 5) is 12.0. The van der Waals surface area contributed by atoms with Crippen molar-refractivity contribution in [2.24, 2.45) is 11.8 Å². The minimum Gasteiger partial charge on any atom is -0.471 e. The molecule has 2 N–H and O–H groups in total. The molecule has 1 saturated heterocycles. The Kier molecular flexibility index (Phi) is 3.71. The van der Waals surface area contributed by atoms with Gasteiger partial charge in [0.1, 0.15) is 11.9 Å². The molecule has 3 atom stereocenters. The summed E-state index contributed by atoms with van der Waals surface area (Å²) in [5, 5.41) is 15.0. The maximum absolute atomic E-state index is 12.0. The Hall–Kier alpha value is -2.87. The third-order valence-corrected chi connectivity index (χ3v) is 6.34. The van der Waals surface area contributed by atoms with Crippen molar-refractivity contribution < 1.29 is 14.1 Å². The summed E-state index contributed by atoms with van der Waals surface area (Å²) < 4.78 is 13.5. The van der Waals surface area contributed by atoms with Gasteiger partial charge >= 0.3 is 0 Å². The fraction of sp³-hybridized carbons (Fsp3) is 0.476. The van der Waals surface area contributed by atoms with Gasteiger partial charge in [0, 0.05) is 43.1 Å². The molecule has 3 aromatic heterocycles. The molecule has 4 heterocycles. The van der Waals surface area contributed by atoms with Crippen LogP contribution in [0, 0.1) is 18.8 Å². The van der Waals surface area contributed by atoms with Gasteiger partial charge in [-0.15, -0.1) is 0 Å². The number of aryl methyl sites for hydroxylation is 1. The number of carbonyl (C=O) groups excluding carboxylic acids is 1. The molecule has 3 aromatic rings. The fourth-order valence-corrected chi connectivity index (χ4v) is 4.62. The van der Waals surface area contributed by atoms with Gasteiger partial charge < -0.3 is 19.9 Å². The molecular formula is C21H23N5O3. The number of carbonyl (C=O) groups is 1. The molecule has 3 fully saturated rings. The molecule has 150 valence electrons. The van der Waals surface area contributed by atoms with Crippen molar-refractivity contribution >= 4 is 17.2 Å². The molecule has 0 radical (unpaired) electrons. The van der Waals surface area contributed by atoms with Crippen molar-refractivity contribution in [3.63, 3.8) is 0 Å². The first-order chi connectivity index (χ1) is 14.1. The third-order valence-electron chi connectivity index (χ3n) is 6.34. The number of fused-ring (bicyclic) bond motifs is 3. The van der Waals surface area contributed by atoms with Gasteiger partial charge in [0.25, 0.3) is 5.88 Å². The first-order valence-electron chi connectivity index (χ1n) is 10.3. The smallest absolute Gasteiger partial charge is 0.262 e. The topological polar surface area (TPSA) is 93.7 Å². The standard InChI is InChI=1S/C21H23N5O3/c1-11-19(21(25-29-11)28-17-8-15-6-14(17)10-22-15)13-4-5-26-16(7-13)9-18(24-26)23-20(27)12-2-3-12/h4-5,7,9,12,14-15,17,22H,2-3,6,8,10H2,1H3,(H,23,24,27)/t14-,15-,17-/m0/s1. The van der Waals surface area contributed by atoms with Gasteiger partial charge in [-0.1, -0.05) is 0 Å². The highest BCUT2D eigenvalue weighted by Crippen LogP contribution is 2.39. The highest BCUT2D eigenvalue weighted by molar-refractivity contribution is 5.93. The predicted molar refractivity (Wildman–Crippen MR) is 106 cm³/mol. The zero-order chi connectivity index (χ0) is 19.5. The molecule has 2 saturated carbocycles. The molecule has 6 rings (SSSR count). The molecule has 29 heavy (non-hydrogen) atoms. The summed E-state index contributed by atoms with van der Waals surface area (Å²) in [6.45, 7) is 2.91. The summed E-state index contributed by atoms with van der Waals surface area (Å²) in [6.07, 6.45) is 6.20. The van der Waals surface area contributed by atoms with E-state index in [4.69, 9.17) is 9.26 Å². The van der Waals surface area contributed by atoms with E-state index in [-0.39, 0.29) is 17.9 Å². The van der Waals surface area contributed by atoms with Crippen LogP contribution in [0.2, 0.25) is 0 Å². The number of rotatable bonds is 5. The van der Waals surface area contributed by atoms with Crippen molar-refractivity contribution in [1.82, 2.24) is 20.1 Å². The van der Waals surface area contributed by atoms with Crippen LogP contribution in [0.25, 0.3) is 16.6 Å². The Balaban J connectivity index is 1.29. The summed E-state index contributed by atoms with van der Waals surface area (Å²) in [6, 6.07) is 6.44. The van der Waals surface area contributed by atoms with Crippen molar-refractivity contribution in [2.75, 3.05) is 11.9 Å². The van der Waals surface area contributed by atoms with Gasteiger partial charge in [-0.25, -0.2) is 4.52 Å². The number of pyridine rings is 1. The van der Waals surface area contributed by atoms with Crippen LogP contribution in [0.15, 0.2) is 28.9 Å². The predicted octanol–water partition coefficient (Wildman–Crippen LogP) is 2.78. The largest absolute Gasteiger partial charge is 0.471 e. The normalized spacial score (nSPS) is 25.6. The van der Waals surface area contributed by atoms with E-state index < -0.39 is 0 Å². The lowest BCUT2D eigenvalue weighted by Crippen LogP contribution is -2.35. The number of nitrogens with zero attached hydrogens (tertiary/aromatic N) is 3. The number of aromatic nitrogens is 3. The van der Waals surface area contributed by atoms with Gasteiger partial charge in [0.15, 0.2) is 5.82 Å². The van der Waals surface area contributed by atoms with Crippen molar-refractivity contribution in [3.05, 3.63) is 30.2 Å². The summed E-state index contributed by atoms with van der Waals surface area (Å²) in [5.74, 6) is 2.61. The van der Waals surface area contributed by atoms with Crippen molar-refractivity contribution in [2.45, 2.75) is 44.8 Å². The van der Waals surface area contributed by atoms with Crippen LogP contribution in [0.3, 0.4) is 0 Å². The van der Waals surface area contributed by atoms with Crippen LogP contribution >= 0.6 is 0 Å². The average molecular weight is 393 g/mol. The number of nitrogens with one attached hydrogen (secondary N) is 2. The Bertz CT molecular complexity index is 1100. The van der Waals surface area contributed by atoms with Crippen LogP contribution in [0.4, 0.5) is 5.82 Å². The van der Waals surface area contributed by atoms with E-state index >= 15 is 0 Å². The maximum atomic E-state index is 12.0. The first kappa shape index (κ1) is 17.0. The van der Waals surface area contributed by atoms with Crippen molar-refractivity contribution in [1.29, 1.82) is 0 Å². The molecule has 3 aliphatic rings. The van der Waals surface area contributed by atoms with Crippen LogP contribution in [-0.2, 0) is 4.79 Å². The van der Waals surface area contributed by atoms with Crippen LogP contribution < -0.4 is 15.4 Å². The monoisotopic (exact) mass is 393 g/mol. The SMILES string of the molecule is Cc1onc(O[C@H]2C[C@@H]3C[C@H]2CN3)c1-c1ccn2nc(NC(=O)C3CC3)cc2c1. The van der Waals surface area contributed by atoms with E-state index in [1.165, 1.54) is 6.42 Å². The second-order valence-corrected chi connectivity index (χ2v) is 8.49. The van der Waals surface area contributed by atoms with E-state index in [9.17, 15) is 4.79 Å². The van der Waals surface area contributed by atoms with Crippen LogP contribution in [-0.4, -0.2) is 39.4 Å². The highest BCUT2D eigenvalue weighted by Gasteiger charge is 2.41. The van der Waals surface area contributed by atoms with E-state index in [2.05, 4.69) is 20.9 Å². The first-order valence-corrected chi connectivity index (χ1v) is 10.3. The number of amides is 1. The average Bonchev–Trinajstić information content (AvgIpc) is 3.00. The molecule has 8 heteroatoms. The summed E-state index contributed by atoms with van der Waals surface area (Å²) in [5.41, 5.74) is 2.74. The highest BCUT2D eigenvalue weighted by atomic mass is 16.5. The Morgan fingerprint density at radius 1 is 1.34 bits per heavy atom. The lowest BCUT2D eigenvalue weighted by Gasteiger charge is -2.22. The van der Waals surface area contributed by atoms with E-state index in [1.54, 1.807) is 4.52 Å². The van der Waals surface area contributed by atoms with E-state index in [0.29, 0.717) is 23.7 Å². The molecule has 0 unspecified atom stereocenters. The van der Waals surface area contributed by atoms with Gasteiger partial charge in [0.2, 0.25) is 5.91 Å². The lowest BCUT2D eigenvalue weighted by molar-refractivity contribution is -0.117. The number of piperidine rings is 1. The lowest BCUT2D eigenvalue weighted by atomic mass is 10.1. The van der Waals surface area contributed by atoms with Crippen LogP contribution in [0.1, 0.15) is 31.4 Å². The Labute approximate surface area is 167 Å². The molecule has 0 aromatic carbocycles. The summed E-state index contributed by atoms with van der Waals surface area (Å²) >= 11 is 0. The Morgan fingerprint density at radius 2 is 2.24 bits per heavy atom. The number of ether oxygens (including phenoxy) is 1. The molecule has 2 bridgehead atoms. The minimum atomic E-state index is 0.0551. The molecule has 8 nitrogen and oxygen atoms in total. The number of anilines is 1. The molecule has 1 amide bonds. The fourth-order valence-electron chi connectivity index (χ4n) is 4.62. The van der Waals surface area contributed by atoms with Gasteiger partial charge in [0.05, 0.1) is 11.1 Å². The second kappa shape index (κ2) is 6.32. The van der Waals surface area contributed by atoms with Gasteiger partial charge in [-0.05, 0) is 49.0 Å². The van der Waals surface area contributed by atoms with Crippen molar-refractivity contribution in [3.8, 4) is 17.0 Å². The molecule has 2 aliphatic carbocycles. The maximum Gasteiger partial charge on any atom is 0.262 e. The quantitative estimate of drug-likeness (QED) is 0.692. The number of hydrogen-bond donors (Lipinski definition) is 2. The van der Waals surface area contributed by atoms with Crippen LogP contribution in [0.5, 0.6) is 5.88 Å². The number of hydrogen-bond acceptors (Lipinski definition) is 6. The molecular weight excluding hydrogens is 370 g/mol. The van der Waals surface area contributed by atoms with Gasteiger partial charge in [-0.2, -0.15) is 5.10 Å². The summed E-state index contributed by atoms with van der Waals surface area (Å²) in [7, 11) is 0. The second-order valence-electron chi connectivity index (χ2n) is 8.49. The van der Waals surface area contributed by atoms with E-state index in [0.717, 1.165) is 48.2 Å². The van der Waals surface area contributed by atoms with Gasteiger partial charge in [-0.3, -0.25) is 4.79 Å². The zero-order valence-electron chi connectivity index (χ0n) is 16.2. The molecule has 0 spiro atoms. The Morgan fingerprint density at radius 3 is 3.00 bits per heavy atom. The third kappa shape index (κ3) is 2.98. The zero-order valence-corrected chi connectivity index (χ0v) is 16.2. The van der Waals surface area contributed by atoms with E-state index in [1.807, 2.05) is 31.3 Å².